The van der Waals surface area contributed by atoms with Crippen LogP contribution >= 0.6 is 11.6 Å². The van der Waals surface area contributed by atoms with Crippen molar-refractivity contribution in [1.82, 2.24) is 5.32 Å². The van der Waals surface area contributed by atoms with E-state index >= 15 is 0 Å². The number of aliphatic hydroxyl groups excluding tert-OH is 1. The molecule has 0 spiro atoms. The molecule has 2 N–H and O–H groups in total. The molecular formula is C13H18ClNO3. The van der Waals surface area contributed by atoms with Gasteiger partial charge in [0.05, 0.1) is 12.6 Å². The lowest BCUT2D eigenvalue weighted by molar-refractivity contribution is -0.122. The molecule has 0 aliphatic rings. The minimum atomic E-state index is -0.747. The highest BCUT2D eigenvalue weighted by Crippen LogP contribution is 2.20. The lowest BCUT2D eigenvalue weighted by atomic mass is 10.1. The molecule has 100 valence electrons. The smallest absolute Gasteiger partial charge is 0.242 e. The lowest BCUT2D eigenvalue weighted by Gasteiger charge is -2.18. The summed E-state index contributed by atoms with van der Waals surface area (Å²) in [6, 6.07) is 8.77. The summed E-state index contributed by atoms with van der Waals surface area (Å²) in [4.78, 5) is 11.9. The Balaban J connectivity index is 2.53. The molecule has 0 aliphatic carbocycles. The van der Waals surface area contributed by atoms with Gasteiger partial charge in [-0.25, -0.2) is 0 Å². The standard InChI is InChI=1S/C13H18ClNO3/c1-18-8-7-11(9-16)15-13(17)12(14)10-5-3-2-4-6-10/h2-6,11-12,16H,7-9H2,1H3,(H,15,17). The summed E-state index contributed by atoms with van der Waals surface area (Å²) in [6.45, 7) is 0.345. The Labute approximate surface area is 112 Å². The van der Waals surface area contributed by atoms with E-state index < -0.39 is 5.38 Å². The zero-order valence-corrected chi connectivity index (χ0v) is 11.1. The molecule has 1 amide bonds. The molecule has 2 atom stereocenters. The van der Waals surface area contributed by atoms with Gasteiger partial charge in [0, 0.05) is 13.7 Å². The first-order chi connectivity index (χ1) is 8.69. The Kier molecular flexibility index (Phi) is 6.72. The van der Waals surface area contributed by atoms with Crippen molar-refractivity contribution in [2.45, 2.75) is 17.8 Å². The van der Waals surface area contributed by atoms with Crippen molar-refractivity contribution in [2.24, 2.45) is 0 Å². The van der Waals surface area contributed by atoms with E-state index in [1.54, 1.807) is 19.2 Å². The lowest BCUT2D eigenvalue weighted by Crippen LogP contribution is -2.39. The predicted molar refractivity (Wildman–Crippen MR) is 70.5 cm³/mol. The number of aliphatic hydroxyl groups is 1. The summed E-state index contributed by atoms with van der Waals surface area (Å²) >= 11 is 6.07. The molecule has 0 aromatic heterocycles. The number of nitrogens with one attached hydrogen (secondary N) is 1. The van der Waals surface area contributed by atoms with Crippen molar-refractivity contribution in [3.8, 4) is 0 Å². The van der Waals surface area contributed by atoms with Crippen molar-refractivity contribution >= 4 is 17.5 Å². The van der Waals surface area contributed by atoms with Gasteiger partial charge in [-0.2, -0.15) is 0 Å². The Hall–Kier alpha value is -1.10. The molecule has 0 aliphatic heterocycles. The summed E-state index contributed by atoms with van der Waals surface area (Å²) in [5.74, 6) is -0.307. The van der Waals surface area contributed by atoms with Gasteiger partial charge in [0.15, 0.2) is 0 Å². The first-order valence-electron chi connectivity index (χ1n) is 5.78. The number of ether oxygens (including phenoxy) is 1. The molecule has 2 unspecified atom stereocenters. The molecule has 0 fully saturated rings. The third-order valence-corrected chi connectivity index (χ3v) is 3.01. The van der Waals surface area contributed by atoms with E-state index in [2.05, 4.69) is 5.32 Å². The van der Waals surface area contributed by atoms with E-state index in [0.717, 1.165) is 5.56 Å². The molecule has 0 saturated carbocycles. The fourth-order valence-corrected chi connectivity index (χ4v) is 1.73. The average molecular weight is 272 g/mol. The van der Waals surface area contributed by atoms with Crippen LogP contribution in [0.3, 0.4) is 0 Å². The summed E-state index contributed by atoms with van der Waals surface area (Å²) < 4.78 is 4.91. The van der Waals surface area contributed by atoms with Crippen LogP contribution in [0.25, 0.3) is 0 Å². The van der Waals surface area contributed by atoms with Crippen molar-refractivity contribution in [3.63, 3.8) is 0 Å². The first-order valence-corrected chi connectivity index (χ1v) is 6.22. The average Bonchev–Trinajstić information content (AvgIpc) is 2.43. The topological polar surface area (TPSA) is 58.6 Å². The molecular weight excluding hydrogens is 254 g/mol. The van der Waals surface area contributed by atoms with Crippen LogP contribution in [0.2, 0.25) is 0 Å². The number of carbonyl (C=O) groups is 1. The van der Waals surface area contributed by atoms with Gasteiger partial charge in [-0.1, -0.05) is 30.3 Å². The number of carbonyl (C=O) groups excluding carboxylic acids is 1. The van der Waals surface area contributed by atoms with Crippen LogP contribution in [-0.4, -0.2) is 37.4 Å². The van der Waals surface area contributed by atoms with Crippen LogP contribution in [0.5, 0.6) is 0 Å². The Morgan fingerprint density at radius 3 is 2.67 bits per heavy atom. The Morgan fingerprint density at radius 2 is 2.11 bits per heavy atom. The second kappa shape index (κ2) is 8.08. The zero-order valence-electron chi connectivity index (χ0n) is 10.3. The molecule has 1 aromatic rings. The van der Waals surface area contributed by atoms with Crippen molar-refractivity contribution in [3.05, 3.63) is 35.9 Å². The highest BCUT2D eigenvalue weighted by Gasteiger charge is 2.20. The number of hydrogen-bond donors (Lipinski definition) is 2. The summed E-state index contributed by atoms with van der Waals surface area (Å²) in [5, 5.41) is 11.1. The summed E-state index contributed by atoms with van der Waals surface area (Å²) in [6.07, 6.45) is 0.553. The Morgan fingerprint density at radius 1 is 1.44 bits per heavy atom. The highest BCUT2D eigenvalue weighted by molar-refractivity contribution is 6.30. The van der Waals surface area contributed by atoms with Crippen LogP contribution in [0.4, 0.5) is 0 Å². The van der Waals surface area contributed by atoms with Crippen LogP contribution < -0.4 is 5.32 Å². The van der Waals surface area contributed by atoms with Gasteiger partial charge < -0.3 is 15.2 Å². The number of methoxy groups -OCH3 is 1. The maximum Gasteiger partial charge on any atom is 0.242 e. The second-order valence-corrected chi connectivity index (χ2v) is 4.38. The van der Waals surface area contributed by atoms with Crippen LogP contribution in [-0.2, 0) is 9.53 Å². The van der Waals surface area contributed by atoms with Crippen LogP contribution in [0.1, 0.15) is 17.4 Å². The monoisotopic (exact) mass is 271 g/mol. The van der Waals surface area contributed by atoms with E-state index in [-0.39, 0.29) is 18.6 Å². The number of rotatable bonds is 7. The van der Waals surface area contributed by atoms with Gasteiger partial charge in [-0.3, -0.25) is 4.79 Å². The molecule has 1 rings (SSSR count). The van der Waals surface area contributed by atoms with Gasteiger partial charge in [0.2, 0.25) is 5.91 Å². The van der Waals surface area contributed by atoms with Crippen LogP contribution in [0, 0.1) is 0 Å². The van der Waals surface area contributed by atoms with E-state index in [4.69, 9.17) is 21.4 Å². The normalized spacial score (nSPS) is 13.9. The van der Waals surface area contributed by atoms with Crippen LogP contribution in [0.15, 0.2) is 30.3 Å². The van der Waals surface area contributed by atoms with Gasteiger partial charge in [-0.05, 0) is 12.0 Å². The Bertz CT molecular complexity index is 359. The summed E-state index contributed by atoms with van der Waals surface area (Å²) in [7, 11) is 1.57. The molecule has 0 bridgehead atoms. The highest BCUT2D eigenvalue weighted by atomic mass is 35.5. The second-order valence-electron chi connectivity index (χ2n) is 3.94. The maximum absolute atomic E-state index is 11.9. The third-order valence-electron chi connectivity index (χ3n) is 2.56. The van der Waals surface area contributed by atoms with Gasteiger partial charge >= 0.3 is 0 Å². The molecule has 4 nitrogen and oxygen atoms in total. The SMILES string of the molecule is COCCC(CO)NC(=O)C(Cl)c1ccccc1. The minimum absolute atomic E-state index is 0.131. The van der Waals surface area contributed by atoms with Gasteiger partial charge in [0.1, 0.15) is 5.38 Å². The van der Waals surface area contributed by atoms with Gasteiger partial charge in [0.25, 0.3) is 0 Å². The molecule has 0 heterocycles. The molecule has 0 saturated heterocycles. The van der Waals surface area contributed by atoms with E-state index in [1.165, 1.54) is 0 Å². The maximum atomic E-state index is 11.9. The number of benzene rings is 1. The van der Waals surface area contributed by atoms with E-state index in [0.29, 0.717) is 13.0 Å². The quantitative estimate of drug-likeness (QED) is 0.739. The molecule has 1 aromatic carbocycles. The first kappa shape index (κ1) is 15.0. The molecule has 18 heavy (non-hydrogen) atoms. The third kappa shape index (κ3) is 4.64. The largest absolute Gasteiger partial charge is 0.394 e. The van der Waals surface area contributed by atoms with Crippen molar-refractivity contribution in [1.29, 1.82) is 0 Å². The van der Waals surface area contributed by atoms with Gasteiger partial charge in [-0.15, -0.1) is 11.6 Å². The van der Waals surface area contributed by atoms with Crippen molar-refractivity contribution in [2.75, 3.05) is 20.3 Å². The molecule has 5 heteroatoms. The number of amides is 1. The fraction of sp³-hybridized carbons (Fsp3) is 0.462. The zero-order chi connectivity index (χ0) is 13.4. The summed E-state index contributed by atoms with van der Waals surface area (Å²) in [5.41, 5.74) is 0.736. The number of hydrogen-bond acceptors (Lipinski definition) is 3. The minimum Gasteiger partial charge on any atom is -0.394 e. The van der Waals surface area contributed by atoms with E-state index in [1.807, 2.05) is 18.2 Å². The number of halogens is 1. The fourth-order valence-electron chi connectivity index (χ4n) is 1.52. The van der Waals surface area contributed by atoms with Crippen molar-refractivity contribution < 1.29 is 14.6 Å². The molecule has 0 radical (unpaired) electrons. The predicted octanol–water partition coefficient (Wildman–Crippen LogP) is 1.48. The number of alkyl halides is 1. The van der Waals surface area contributed by atoms with E-state index in [9.17, 15) is 4.79 Å².